The monoisotopic (exact) mass is 220 g/mol. The molecule has 4 heteroatoms. The van der Waals surface area contributed by atoms with Gasteiger partial charge in [-0.05, 0) is 25.8 Å². The maximum absolute atomic E-state index is 11.8. The number of methoxy groups -OCH3 is 1. The molecule has 4 nitrogen and oxygen atoms in total. The third kappa shape index (κ3) is 1.55. The van der Waals surface area contributed by atoms with Gasteiger partial charge in [0.1, 0.15) is 5.75 Å². The Bertz CT molecular complexity index is 425. The molecule has 0 heterocycles. The van der Waals surface area contributed by atoms with Gasteiger partial charge in [0.25, 0.3) is 0 Å². The van der Waals surface area contributed by atoms with E-state index in [1.807, 2.05) is 25.1 Å². The van der Waals surface area contributed by atoms with Gasteiger partial charge in [-0.25, -0.2) is 5.84 Å². The highest BCUT2D eigenvalue weighted by Gasteiger charge is 2.52. The highest BCUT2D eigenvalue weighted by Crippen LogP contribution is 2.51. The normalized spacial score (nSPS) is 16.7. The second-order valence-corrected chi connectivity index (χ2v) is 4.26. The summed E-state index contributed by atoms with van der Waals surface area (Å²) in [7, 11) is 1.62. The smallest absolute Gasteiger partial charge is 0.244 e. The number of nitrogens with two attached hydrogens (primary N) is 1. The average Bonchev–Trinajstić information content (AvgIpc) is 3.09. The van der Waals surface area contributed by atoms with Crippen LogP contribution in [-0.4, -0.2) is 13.0 Å². The van der Waals surface area contributed by atoms with E-state index in [4.69, 9.17) is 10.6 Å². The summed E-state index contributed by atoms with van der Waals surface area (Å²) in [6.07, 6.45) is 1.66. The lowest BCUT2D eigenvalue weighted by molar-refractivity contribution is -0.123. The zero-order chi connectivity index (χ0) is 11.8. The minimum absolute atomic E-state index is 0.128. The number of hydrazine groups is 1. The summed E-state index contributed by atoms with van der Waals surface area (Å²) >= 11 is 0. The molecule has 1 aromatic carbocycles. The van der Waals surface area contributed by atoms with Crippen LogP contribution in [0.25, 0.3) is 0 Å². The number of nitrogens with one attached hydrogen (secondary N) is 1. The summed E-state index contributed by atoms with van der Waals surface area (Å²) in [6.45, 7) is 2.00. The second-order valence-electron chi connectivity index (χ2n) is 4.26. The first-order valence-corrected chi connectivity index (χ1v) is 5.30. The Morgan fingerprint density at radius 3 is 2.69 bits per heavy atom. The van der Waals surface area contributed by atoms with E-state index in [-0.39, 0.29) is 5.91 Å². The average molecular weight is 220 g/mol. The van der Waals surface area contributed by atoms with Crippen LogP contribution < -0.4 is 16.0 Å². The molecule has 1 aliphatic carbocycles. The first-order chi connectivity index (χ1) is 7.64. The summed E-state index contributed by atoms with van der Waals surface area (Å²) in [4.78, 5) is 11.8. The van der Waals surface area contributed by atoms with Crippen molar-refractivity contribution in [1.29, 1.82) is 0 Å². The zero-order valence-electron chi connectivity index (χ0n) is 9.54. The molecule has 86 valence electrons. The molecule has 1 aromatic rings. The maximum Gasteiger partial charge on any atom is 0.244 e. The number of hydrogen-bond acceptors (Lipinski definition) is 3. The molecule has 3 N–H and O–H groups in total. The third-order valence-corrected chi connectivity index (χ3v) is 3.19. The molecule has 0 aromatic heterocycles. The Morgan fingerprint density at radius 2 is 2.19 bits per heavy atom. The van der Waals surface area contributed by atoms with Crippen molar-refractivity contribution in [3.8, 4) is 5.75 Å². The Balaban J connectivity index is 2.47. The van der Waals surface area contributed by atoms with Crippen LogP contribution in [-0.2, 0) is 10.2 Å². The Hall–Kier alpha value is -1.55. The van der Waals surface area contributed by atoms with Crippen LogP contribution in [0.5, 0.6) is 5.75 Å². The first-order valence-electron chi connectivity index (χ1n) is 5.30. The molecule has 0 saturated heterocycles. The van der Waals surface area contributed by atoms with Gasteiger partial charge in [-0.2, -0.15) is 0 Å². The van der Waals surface area contributed by atoms with E-state index < -0.39 is 5.41 Å². The van der Waals surface area contributed by atoms with Crippen molar-refractivity contribution >= 4 is 5.91 Å². The van der Waals surface area contributed by atoms with Gasteiger partial charge in [-0.3, -0.25) is 10.2 Å². The van der Waals surface area contributed by atoms with Crippen LogP contribution in [0.3, 0.4) is 0 Å². The molecule has 0 radical (unpaired) electrons. The topological polar surface area (TPSA) is 64.3 Å². The fraction of sp³-hybridized carbons (Fsp3) is 0.417. The van der Waals surface area contributed by atoms with Gasteiger partial charge in [-0.1, -0.05) is 17.7 Å². The second kappa shape index (κ2) is 3.79. The number of hydrogen-bond donors (Lipinski definition) is 2. The fourth-order valence-electron chi connectivity index (χ4n) is 2.08. The van der Waals surface area contributed by atoms with Crippen molar-refractivity contribution in [3.63, 3.8) is 0 Å². The predicted octanol–water partition coefficient (Wildman–Crippen LogP) is 1.03. The van der Waals surface area contributed by atoms with Gasteiger partial charge in [0.15, 0.2) is 0 Å². The SMILES string of the molecule is COc1ccc(C)cc1C1(C(=O)NN)CC1. The molecule has 0 unspecified atom stereocenters. The van der Waals surface area contributed by atoms with Crippen molar-refractivity contribution in [2.75, 3.05) is 7.11 Å². The fourth-order valence-corrected chi connectivity index (χ4v) is 2.08. The standard InChI is InChI=1S/C12H16N2O2/c1-8-3-4-10(16-2)9(7-8)12(5-6-12)11(15)14-13/h3-4,7H,5-6,13H2,1-2H3,(H,14,15). The Morgan fingerprint density at radius 1 is 1.50 bits per heavy atom. The van der Waals surface area contributed by atoms with Crippen molar-refractivity contribution in [2.24, 2.45) is 5.84 Å². The minimum atomic E-state index is -0.466. The maximum atomic E-state index is 11.8. The summed E-state index contributed by atoms with van der Waals surface area (Å²) in [6, 6.07) is 5.87. The zero-order valence-corrected chi connectivity index (χ0v) is 9.54. The van der Waals surface area contributed by atoms with Gasteiger partial charge < -0.3 is 4.74 Å². The van der Waals surface area contributed by atoms with Gasteiger partial charge in [0.2, 0.25) is 5.91 Å². The van der Waals surface area contributed by atoms with Gasteiger partial charge in [0.05, 0.1) is 12.5 Å². The molecular weight excluding hydrogens is 204 g/mol. The third-order valence-electron chi connectivity index (χ3n) is 3.19. The van der Waals surface area contributed by atoms with E-state index in [1.165, 1.54) is 0 Å². The van der Waals surface area contributed by atoms with E-state index in [2.05, 4.69) is 5.43 Å². The van der Waals surface area contributed by atoms with Crippen LogP contribution in [0.1, 0.15) is 24.0 Å². The summed E-state index contributed by atoms with van der Waals surface area (Å²) in [5.74, 6) is 5.85. The number of benzene rings is 1. The predicted molar refractivity (Wildman–Crippen MR) is 61.0 cm³/mol. The minimum Gasteiger partial charge on any atom is -0.496 e. The Labute approximate surface area is 94.8 Å². The highest BCUT2D eigenvalue weighted by molar-refractivity contribution is 5.91. The number of rotatable bonds is 3. The van der Waals surface area contributed by atoms with Crippen molar-refractivity contribution in [1.82, 2.24) is 5.43 Å². The lowest BCUT2D eigenvalue weighted by Crippen LogP contribution is -2.39. The van der Waals surface area contributed by atoms with Crippen molar-refractivity contribution in [3.05, 3.63) is 29.3 Å². The largest absolute Gasteiger partial charge is 0.496 e. The van der Waals surface area contributed by atoms with E-state index in [1.54, 1.807) is 7.11 Å². The van der Waals surface area contributed by atoms with Crippen LogP contribution in [0, 0.1) is 6.92 Å². The molecule has 2 rings (SSSR count). The van der Waals surface area contributed by atoms with Crippen molar-refractivity contribution < 1.29 is 9.53 Å². The van der Waals surface area contributed by atoms with E-state index in [0.29, 0.717) is 0 Å². The summed E-state index contributed by atoms with van der Waals surface area (Å²) in [5.41, 5.74) is 3.84. The lowest BCUT2D eigenvalue weighted by atomic mass is 9.93. The lowest BCUT2D eigenvalue weighted by Gasteiger charge is -2.17. The van der Waals surface area contributed by atoms with Gasteiger partial charge in [-0.15, -0.1) is 0 Å². The molecule has 0 spiro atoms. The number of aryl methyl sites for hydroxylation is 1. The first kappa shape index (κ1) is 11.0. The van der Waals surface area contributed by atoms with Gasteiger partial charge in [0, 0.05) is 5.56 Å². The van der Waals surface area contributed by atoms with E-state index in [0.717, 1.165) is 29.7 Å². The summed E-state index contributed by atoms with van der Waals surface area (Å²) in [5, 5.41) is 0. The molecule has 1 amide bonds. The van der Waals surface area contributed by atoms with Gasteiger partial charge >= 0.3 is 0 Å². The number of amides is 1. The van der Waals surface area contributed by atoms with E-state index in [9.17, 15) is 4.79 Å². The van der Waals surface area contributed by atoms with Crippen LogP contribution in [0.4, 0.5) is 0 Å². The number of ether oxygens (including phenoxy) is 1. The van der Waals surface area contributed by atoms with E-state index >= 15 is 0 Å². The molecule has 0 aliphatic heterocycles. The molecule has 1 fully saturated rings. The Kier molecular flexibility index (Phi) is 2.59. The molecule has 0 atom stereocenters. The molecular formula is C12H16N2O2. The summed E-state index contributed by atoms with van der Waals surface area (Å²) < 4.78 is 5.30. The van der Waals surface area contributed by atoms with Crippen LogP contribution in [0.15, 0.2) is 18.2 Å². The highest BCUT2D eigenvalue weighted by atomic mass is 16.5. The number of carbonyl (C=O) groups is 1. The molecule has 16 heavy (non-hydrogen) atoms. The van der Waals surface area contributed by atoms with Crippen molar-refractivity contribution in [2.45, 2.75) is 25.2 Å². The molecule has 1 aliphatic rings. The quantitative estimate of drug-likeness (QED) is 0.454. The molecule has 0 bridgehead atoms. The van der Waals surface area contributed by atoms with Crippen LogP contribution in [0.2, 0.25) is 0 Å². The number of carbonyl (C=O) groups excluding carboxylic acids is 1. The molecule has 1 saturated carbocycles. The van der Waals surface area contributed by atoms with Crippen LogP contribution >= 0.6 is 0 Å².